The maximum atomic E-state index is 6.03. The van der Waals surface area contributed by atoms with Gasteiger partial charge in [0.25, 0.3) is 0 Å². The van der Waals surface area contributed by atoms with E-state index in [9.17, 15) is 0 Å². The second kappa shape index (κ2) is 5.65. The number of aryl methyl sites for hydroxylation is 1. The molecule has 2 unspecified atom stereocenters. The van der Waals surface area contributed by atoms with Gasteiger partial charge in [0.1, 0.15) is 5.82 Å². The number of nitrogens with zero attached hydrogens (tertiary/aromatic N) is 2. The van der Waals surface area contributed by atoms with E-state index in [1.54, 1.807) is 0 Å². The number of hydrogen-bond acceptors (Lipinski definition) is 3. The molecule has 1 aromatic heterocycles. The number of ether oxygens (including phenoxy) is 1. The summed E-state index contributed by atoms with van der Waals surface area (Å²) in [6, 6.07) is 0.536. The summed E-state index contributed by atoms with van der Waals surface area (Å²) in [6.45, 7) is 8.27. The minimum atomic E-state index is 0.349. The third kappa shape index (κ3) is 3.54. The second-order valence-electron chi connectivity index (χ2n) is 5.15. The summed E-state index contributed by atoms with van der Waals surface area (Å²) < 4.78 is 8.20. The fourth-order valence-electron chi connectivity index (χ4n) is 2.25. The van der Waals surface area contributed by atoms with Gasteiger partial charge in [0.05, 0.1) is 18.8 Å². The zero-order chi connectivity index (χ0) is 12.3. The fourth-order valence-corrected chi connectivity index (χ4v) is 2.25. The van der Waals surface area contributed by atoms with Gasteiger partial charge >= 0.3 is 0 Å². The van der Waals surface area contributed by atoms with Crippen LogP contribution >= 0.6 is 0 Å². The molecule has 0 bridgehead atoms. The molecule has 0 saturated carbocycles. The monoisotopic (exact) mass is 237 g/mol. The summed E-state index contributed by atoms with van der Waals surface area (Å²) in [5.74, 6) is 1.07. The highest BCUT2D eigenvalue weighted by Gasteiger charge is 2.25. The zero-order valence-electron chi connectivity index (χ0n) is 11.0. The summed E-state index contributed by atoms with van der Waals surface area (Å²) in [5, 5.41) is 3.43. The lowest BCUT2D eigenvalue weighted by molar-refractivity contribution is 0.0349. The van der Waals surface area contributed by atoms with Crippen LogP contribution in [0.25, 0.3) is 0 Å². The van der Waals surface area contributed by atoms with Gasteiger partial charge in [-0.15, -0.1) is 0 Å². The predicted octanol–water partition coefficient (Wildman–Crippen LogP) is 1.74. The average molecular weight is 237 g/mol. The maximum Gasteiger partial charge on any atom is 0.105 e. The minimum absolute atomic E-state index is 0.349. The number of rotatable bonds is 5. The van der Waals surface area contributed by atoms with E-state index in [1.165, 1.54) is 0 Å². The Morgan fingerprint density at radius 2 is 2.24 bits per heavy atom. The van der Waals surface area contributed by atoms with Crippen molar-refractivity contribution in [1.29, 1.82) is 0 Å². The van der Waals surface area contributed by atoms with Crippen LogP contribution in [0.1, 0.15) is 32.5 Å². The van der Waals surface area contributed by atoms with Crippen LogP contribution in [0.15, 0.2) is 12.4 Å². The number of imidazole rings is 1. The van der Waals surface area contributed by atoms with Gasteiger partial charge in [0.2, 0.25) is 0 Å². The van der Waals surface area contributed by atoms with E-state index in [0.29, 0.717) is 18.2 Å². The molecule has 2 rings (SSSR count). The molecule has 1 saturated heterocycles. The van der Waals surface area contributed by atoms with Gasteiger partial charge in [-0.3, -0.25) is 0 Å². The first-order valence-corrected chi connectivity index (χ1v) is 6.51. The Bertz CT molecular complexity index is 348. The lowest BCUT2D eigenvalue weighted by Crippen LogP contribution is -2.32. The molecule has 2 heterocycles. The Hall–Kier alpha value is -0.870. The molecule has 0 radical (unpaired) electrons. The van der Waals surface area contributed by atoms with Gasteiger partial charge in [-0.2, -0.15) is 0 Å². The van der Waals surface area contributed by atoms with Crippen LogP contribution in [0.5, 0.6) is 0 Å². The first kappa shape index (κ1) is 12.6. The van der Waals surface area contributed by atoms with Crippen LogP contribution in [0, 0.1) is 6.92 Å². The van der Waals surface area contributed by atoms with Crippen molar-refractivity contribution in [2.75, 3.05) is 6.54 Å². The topological polar surface area (TPSA) is 39.1 Å². The van der Waals surface area contributed by atoms with Crippen molar-refractivity contribution < 1.29 is 4.74 Å². The fraction of sp³-hybridized carbons (Fsp3) is 0.769. The van der Waals surface area contributed by atoms with E-state index in [0.717, 1.165) is 31.8 Å². The lowest BCUT2D eigenvalue weighted by atomic mass is 10.2. The average Bonchev–Trinajstić information content (AvgIpc) is 2.87. The standard InChI is InChI=1S/C13H23N3O/c1-10(2)15-8-12-4-5-13(17-12)9-16-7-6-14-11(16)3/h6-7,10,12-13,15H,4-5,8-9H2,1-3H3. The first-order valence-electron chi connectivity index (χ1n) is 6.51. The molecule has 1 aliphatic heterocycles. The summed E-state index contributed by atoms with van der Waals surface area (Å²) >= 11 is 0. The highest BCUT2D eigenvalue weighted by Crippen LogP contribution is 2.21. The van der Waals surface area contributed by atoms with Gasteiger partial charge < -0.3 is 14.6 Å². The number of hydrogen-bond donors (Lipinski definition) is 1. The third-order valence-electron chi connectivity index (χ3n) is 3.27. The molecule has 4 heteroatoms. The summed E-state index contributed by atoms with van der Waals surface area (Å²) in [4.78, 5) is 4.23. The molecule has 0 aromatic carbocycles. The molecule has 0 amide bonds. The summed E-state index contributed by atoms with van der Waals surface area (Å²) in [7, 11) is 0. The van der Waals surface area contributed by atoms with Crippen molar-refractivity contribution >= 4 is 0 Å². The Morgan fingerprint density at radius 1 is 1.47 bits per heavy atom. The van der Waals surface area contributed by atoms with Gasteiger partial charge in [-0.25, -0.2) is 4.98 Å². The Kier molecular flexibility index (Phi) is 4.18. The minimum Gasteiger partial charge on any atom is -0.372 e. The van der Waals surface area contributed by atoms with Crippen LogP contribution in [0.4, 0.5) is 0 Å². The molecule has 0 spiro atoms. The van der Waals surface area contributed by atoms with Crippen molar-refractivity contribution in [3.8, 4) is 0 Å². The first-order chi connectivity index (χ1) is 8.15. The van der Waals surface area contributed by atoms with Crippen LogP contribution in [0.3, 0.4) is 0 Å². The van der Waals surface area contributed by atoms with E-state index in [1.807, 2.05) is 19.3 Å². The van der Waals surface area contributed by atoms with Crippen LogP contribution < -0.4 is 5.32 Å². The van der Waals surface area contributed by atoms with Crippen LogP contribution in [0.2, 0.25) is 0 Å². The van der Waals surface area contributed by atoms with Crippen molar-refractivity contribution in [1.82, 2.24) is 14.9 Å². The molecule has 17 heavy (non-hydrogen) atoms. The Labute approximate surface area is 103 Å². The Morgan fingerprint density at radius 3 is 2.88 bits per heavy atom. The predicted molar refractivity (Wildman–Crippen MR) is 68.0 cm³/mol. The van der Waals surface area contributed by atoms with E-state index in [4.69, 9.17) is 4.74 Å². The molecular weight excluding hydrogens is 214 g/mol. The normalized spacial score (nSPS) is 24.7. The molecule has 96 valence electrons. The molecule has 1 aromatic rings. The van der Waals surface area contributed by atoms with E-state index >= 15 is 0 Å². The van der Waals surface area contributed by atoms with Crippen molar-refractivity contribution in [2.45, 2.75) is 58.4 Å². The van der Waals surface area contributed by atoms with Crippen LogP contribution in [-0.4, -0.2) is 34.3 Å². The maximum absolute atomic E-state index is 6.03. The highest BCUT2D eigenvalue weighted by atomic mass is 16.5. The quantitative estimate of drug-likeness (QED) is 0.848. The van der Waals surface area contributed by atoms with Crippen LogP contribution in [-0.2, 0) is 11.3 Å². The van der Waals surface area contributed by atoms with Crippen molar-refractivity contribution in [3.63, 3.8) is 0 Å². The SMILES string of the molecule is Cc1nccn1CC1CCC(CNC(C)C)O1. The number of nitrogens with one attached hydrogen (secondary N) is 1. The zero-order valence-corrected chi connectivity index (χ0v) is 11.0. The van der Waals surface area contributed by atoms with Crippen molar-refractivity contribution in [3.05, 3.63) is 18.2 Å². The molecule has 4 nitrogen and oxygen atoms in total. The van der Waals surface area contributed by atoms with E-state index < -0.39 is 0 Å². The van der Waals surface area contributed by atoms with E-state index in [2.05, 4.69) is 28.7 Å². The molecule has 1 aliphatic rings. The van der Waals surface area contributed by atoms with Gasteiger partial charge in [0, 0.05) is 25.0 Å². The molecule has 2 atom stereocenters. The molecule has 1 fully saturated rings. The van der Waals surface area contributed by atoms with Gasteiger partial charge in [-0.05, 0) is 19.8 Å². The smallest absolute Gasteiger partial charge is 0.105 e. The third-order valence-corrected chi connectivity index (χ3v) is 3.27. The van der Waals surface area contributed by atoms with Crippen molar-refractivity contribution in [2.24, 2.45) is 0 Å². The molecule has 0 aliphatic carbocycles. The van der Waals surface area contributed by atoms with Gasteiger partial charge in [0.15, 0.2) is 0 Å². The number of aromatic nitrogens is 2. The Balaban J connectivity index is 1.76. The summed E-state index contributed by atoms with van der Waals surface area (Å²) in [6.07, 6.45) is 6.92. The largest absolute Gasteiger partial charge is 0.372 e. The second-order valence-corrected chi connectivity index (χ2v) is 5.15. The molecular formula is C13H23N3O. The highest BCUT2D eigenvalue weighted by molar-refractivity contribution is 4.90. The summed E-state index contributed by atoms with van der Waals surface area (Å²) in [5.41, 5.74) is 0. The van der Waals surface area contributed by atoms with E-state index in [-0.39, 0.29) is 0 Å². The van der Waals surface area contributed by atoms with Gasteiger partial charge in [-0.1, -0.05) is 13.8 Å². The molecule has 1 N–H and O–H groups in total. The lowest BCUT2D eigenvalue weighted by Gasteiger charge is -2.16.